The molecular weight excluding hydrogens is 274 g/mol. The number of piperidine rings is 3. The Bertz CT molecular complexity index is 619. The van der Waals surface area contributed by atoms with Crippen LogP contribution in [-0.4, -0.2) is 40.1 Å². The predicted octanol–water partition coefficient (Wildman–Crippen LogP) is 3.01. The Labute approximate surface area is 131 Å². The van der Waals surface area contributed by atoms with E-state index >= 15 is 0 Å². The van der Waals surface area contributed by atoms with Gasteiger partial charge in [0.1, 0.15) is 6.10 Å². The van der Waals surface area contributed by atoms with Crippen LogP contribution in [0.5, 0.6) is 6.01 Å². The van der Waals surface area contributed by atoms with Gasteiger partial charge in [0.15, 0.2) is 0 Å². The van der Waals surface area contributed by atoms with Crippen molar-refractivity contribution in [1.82, 2.24) is 14.9 Å². The Morgan fingerprint density at radius 1 is 1.00 bits per heavy atom. The highest BCUT2D eigenvalue weighted by Crippen LogP contribution is 2.34. The van der Waals surface area contributed by atoms with E-state index in [9.17, 15) is 0 Å². The lowest BCUT2D eigenvalue weighted by molar-refractivity contribution is -0.0544. The van der Waals surface area contributed by atoms with E-state index in [0.717, 1.165) is 11.1 Å². The fourth-order valence-corrected chi connectivity index (χ4v) is 3.73. The van der Waals surface area contributed by atoms with Crippen molar-refractivity contribution in [3.8, 4) is 17.1 Å². The van der Waals surface area contributed by atoms with Crippen molar-refractivity contribution in [2.45, 2.75) is 31.9 Å². The van der Waals surface area contributed by atoms with E-state index in [0.29, 0.717) is 18.0 Å². The van der Waals surface area contributed by atoms with Crippen LogP contribution in [0.2, 0.25) is 0 Å². The van der Waals surface area contributed by atoms with Gasteiger partial charge in [0, 0.05) is 24.0 Å². The van der Waals surface area contributed by atoms with Gasteiger partial charge in [-0.05, 0) is 44.3 Å². The summed E-state index contributed by atoms with van der Waals surface area (Å²) in [5.41, 5.74) is 2.15. The third-order valence-electron chi connectivity index (χ3n) is 5.07. The lowest BCUT2D eigenvalue weighted by Gasteiger charge is -2.48. The number of ether oxygens (including phenoxy) is 1. The van der Waals surface area contributed by atoms with Crippen molar-refractivity contribution in [3.05, 3.63) is 42.7 Å². The quantitative estimate of drug-likeness (QED) is 0.872. The van der Waals surface area contributed by atoms with Crippen LogP contribution < -0.4 is 4.74 Å². The molecule has 3 aliphatic rings. The van der Waals surface area contributed by atoms with E-state index < -0.39 is 0 Å². The SMILES string of the molecule is C[C@H]1[C@H](Oc2ncc(-c3ccccc3)cn2)C2CCN1CC2. The van der Waals surface area contributed by atoms with Crippen LogP contribution >= 0.6 is 0 Å². The van der Waals surface area contributed by atoms with Crippen molar-refractivity contribution < 1.29 is 4.74 Å². The summed E-state index contributed by atoms with van der Waals surface area (Å²) in [7, 11) is 0. The molecule has 0 amide bonds. The van der Waals surface area contributed by atoms with Crippen LogP contribution in [-0.2, 0) is 0 Å². The number of fused-ring (bicyclic) bond motifs is 3. The molecule has 1 aromatic carbocycles. The zero-order valence-corrected chi connectivity index (χ0v) is 12.9. The van der Waals surface area contributed by atoms with Crippen molar-refractivity contribution in [2.24, 2.45) is 5.92 Å². The second-order valence-electron chi connectivity index (χ2n) is 6.32. The van der Waals surface area contributed by atoms with E-state index in [2.05, 4.69) is 33.9 Å². The maximum absolute atomic E-state index is 6.13. The number of benzene rings is 1. The molecule has 114 valence electrons. The van der Waals surface area contributed by atoms with E-state index in [1.165, 1.54) is 25.9 Å². The van der Waals surface area contributed by atoms with E-state index in [1.54, 1.807) is 0 Å². The molecule has 2 atom stereocenters. The standard InChI is InChI=1S/C18H21N3O/c1-13-17(15-7-9-21(13)10-8-15)22-18-19-11-16(12-20-18)14-5-3-2-4-6-14/h2-6,11-13,15,17H,7-10H2,1H3/t13-,17-/m0/s1. The molecule has 0 spiro atoms. The topological polar surface area (TPSA) is 38.3 Å². The number of nitrogens with zero attached hydrogens (tertiary/aromatic N) is 3. The summed E-state index contributed by atoms with van der Waals surface area (Å²) in [6, 6.07) is 11.2. The molecule has 3 aliphatic heterocycles. The Hall–Kier alpha value is -1.94. The third-order valence-corrected chi connectivity index (χ3v) is 5.07. The van der Waals surface area contributed by atoms with Gasteiger partial charge in [-0.1, -0.05) is 30.3 Å². The van der Waals surface area contributed by atoms with Gasteiger partial charge < -0.3 is 4.74 Å². The van der Waals surface area contributed by atoms with Gasteiger partial charge in [0.2, 0.25) is 0 Å². The van der Waals surface area contributed by atoms with Crippen LogP contribution in [0.15, 0.2) is 42.7 Å². The second-order valence-corrected chi connectivity index (χ2v) is 6.32. The normalized spacial score (nSPS) is 30.2. The molecule has 4 heteroatoms. The minimum atomic E-state index is 0.227. The molecular formula is C18H21N3O. The smallest absolute Gasteiger partial charge is 0.316 e. The molecule has 2 bridgehead atoms. The number of aromatic nitrogens is 2. The van der Waals surface area contributed by atoms with E-state index in [-0.39, 0.29) is 6.10 Å². The number of rotatable bonds is 3. The van der Waals surface area contributed by atoms with Gasteiger partial charge in [-0.2, -0.15) is 0 Å². The van der Waals surface area contributed by atoms with Crippen molar-refractivity contribution in [1.29, 1.82) is 0 Å². The second kappa shape index (κ2) is 5.69. The van der Waals surface area contributed by atoms with Crippen molar-refractivity contribution in [2.75, 3.05) is 13.1 Å². The average Bonchev–Trinajstić information content (AvgIpc) is 2.60. The van der Waals surface area contributed by atoms with Gasteiger partial charge >= 0.3 is 6.01 Å². The molecule has 0 N–H and O–H groups in total. The van der Waals surface area contributed by atoms with Crippen LogP contribution in [0, 0.1) is 5.92 Å². The average molecular weight is 295 g/mol. The molecule has 4 heterocycles. The fourth-order valence-electron chi connectivity index (χ4n) is 3.73. The van der Waals surface area contributed by atoms with Crippen LogP contribution in [0.4, 0.5) is 0 Å². The summed E-state index contributed by atoms with van der Waals surface area (Å²) in [6.07, 6.45) is 6.40. The van der Waals surface area contributed by atoms with E-state index in [4.69, 9.17) is 4.74 Å². The summed E-state index contributed by atoms with van der Waals surface area (Å²) in [4.78, 5) is 11.3. The first-order chi connectivity index (χ1) is 10.8. The van der Waals surface area contributed by atoms with Crippen LogP contribution in [0.25, 0.3) is 11.1 Å². The minimum Gasteiger partial charge on any atom is -0.458 e. The summed E-state index contributed by atoms with van der Waals surface area (Å²) in [6.45, 7) is 4.67. The largest absolute Gasteiger partial charge is 0.458 e. The first kappa shape index (κ1) is 13.7. The molecule has 4 nitrogen and oxygen atoms in total. The van der Waals surface area contributed by atoms with Crippen LogP contribution in [0.1, 0.15) is 19.8 Å². The van der Waals surface area contributed by atoms with Crippen LogP contribution in [0.3, 0.4) is 0 Å². The van der Waals surface area contributed by atoms with E-state index in [1.807, 2.05) is 30.6 Å². The first-order valence-corrected chi connectivity index (χ1v) is 8.09. The maximum Gasteiger partial charge on any atom is 0.316 e. The third kappa shape index (κ3) is 2.48. The summed E-state index contributed by atoms with van der Waals surface area (Å²) >= 11 is 0. The maximum atomic E-state index is 6.13. The van der Waals surface area contributed by atoms with Crippen molar-refractivity contribution in [3.63, 3.8) is 0 Å². The molecule has 1 aromatic heterocycles. The van der Waals surface area contributed by atoms with Gasteiger partial charge in [-0.25, -0.2) is 9.97 Å². The number of hydrogen-bond acceptors (Lipinski definition) is 4. The lowest BCUT2D eigenvalue weighted by Crippen LogP contribution is -2.58. The Kier molecular flexibility index (Phi) is 3.54. The monoisotopic (exact) mass is 295 g/mol. The zero-order chi connectivity index (χ0) is 14.9. The summed E-state index contributed by atoms with van der Waals surface area (Å²) in [5.74, 6) is 0.650. The molecule has 0 radical (unpaired) electrons. The minimum absolute atomic E-state index is 0.227. The molecule has 22 heavy (non-hydrogen) atoms. The van der Waals surface area contributed by atoms with Gasteiger partial charge in [-0.15, -0.1) is 0 Å². The number of hydrogen-bond donors (Lipinski definition) is 0. The summed E-state index contributed by atoms with van der Waals surface area (Å²) in [5, 5.41) is 0. The first-order valence-electron chi connectivity index (χ1n) is 8.09. The Morgan fingerprint density at radius 2 is 1.68 bits per heavy atom. The highest BCUT2D eigenvalue weighted by Gasteiger charge is 2.41. The highest BCUT2D eigenvalue weighted by atomic mass is 16.5. The van der Waals surface area contributed by atoms with Gasteiger partial charge in [-0.3, -0.25) is 4.90 Å². The molecule has 0 unspecified atom stereocenters. The molecule has 5 rings (SSSR count). The predicted molar refractivity (Wildman–Crippen MR) is 85.6 cm³/mol. The van der Waals surface area contributed by atoms with Gasteiger partial charge in [0.05, 0.1) is 0 Å². The molecule has 3 saturated heterocycles. The highest BCUT2D eigenvalue weighted by molar-refractivity contribution is 5.61. The zero-order valence-electron chi connectivity index (χ0n) is 12.9. The molecule has 2 aromatic rings. The molecule has 0 saturated carbocycles. The Morgan fingerprint density at radius 3 is 2.32 bits per heavy atom. The lowest BCUT2D eigenvalue weighted by atomic mass is 9.81. The fraction of sp³-hybridized carbons (Fsp3) is 0.444. The van der Waals surface area contributed by atoms with Crippen molar-refractivity contribution >= 4 is 0 Å². The molecule has 0 aliphatic carbocycles. The molecule has 3 fully saturated rings. The summed E-state index contributed by atoms with van der Waals surface area (Å²) < 4.78 is 6.13. The van der Waals surface area contributed by atoms with Gasteiger partial charge in [0.25, 0.3) is 0 Å². The Balaban J connectivity index is 1.50.